The van der Waals surface area contributed by atoms with E-state index in [1.165, 1.54) is 0 Å². The quantitative estimate of drug-likeness (QED) is 0.866. The number of hydrogen-bond donors (Lipinski definition) is 1. The summed E-state index contributed by atoms with van der Waals surface area (Å²) in [5.74, 6) is -0.289. The third-order valence-electron chi connectivity index (χ3n) is 4.93. The highest BCUT2D eigenvalue weighted by Gasteiger charge is 2.26. The minimum Gasteiger partial charge on any atom is -0.341 e. The van der Waals surface area contributed by atoms with Crippen molar-refractivity contribution in [2.45, 2.75) is 19.5 Å². The second-order valence-electron chi connectivity index (χ2n) is 6.97. The summed E-state index contributed by atoms with van der Waals surface area (Å²) in [5.41, 5.74) is 2.36. The van der Waals surface area contributed by atoms with E-state index in [-0.39, 0.29) is 11.8 Å². The Hall–Kier alpha value is -3.17. The molecule has 6 nitrogen and oxygen atoms in total. The lowest BCUT2D eigenvalue weighted by Crippen LogP contribution is -2.53. The van der Waals surface area contributed by atoms with Crippen molar-refractivity contribution in [1.82, 2.24) is 15.1 Å². The van der Waals surface area contributed by atoms with Crippen molar-refractivity contribution in [2.24, 2.45) is 0 Å². The lowest BCUT2D eigenvalue weighted by atomic mass is 10.1. The first-order chi connectivity index (χ1) is 13.6. The Kier molecular flexibility index (Phi) is 6.41. The molecule has 1 fully saturated rings. The van der Waals surface area contributed by atoms with Crippen molar-refractivity contribution in [3.8, 4) is 6.07 Å². The third-order valence-corrected chi connectivity index (χ3v) is 4.93. The topological polar surface area (TPSA) is 76.4 Å². The van der Waals surface area contributed by atoms with Gasteiger partial charge in [0.05, 0.1) is 11.6 Å². The van der Waals surface area contributed by atoms with Gasteiger partial charge in [-0.3, -0.25) is 14.5 Å². The summed E-state index contributed by atoms with van der Waals surface area (Å²) in [5, 5.41) is 11.7. The molecule has 0 radical (unpaired) electrons. The van der Waals surface area contributed by atoms with Crippen molar-refractivity contribution >= 4 is 11.8 Å². The van der Waals surface area contributed by atoms with Gasteiger partial charge < -0.3 is 10.2 Å². The van der Waals surface area contributed by atoms with Crippen LogP contribution in [0.5, 0.6) is 0 Å². The molecule has 1 aliphatic rings. The molecule has 1 heterocycles. The van der Waals surface area contributed by atoms with Crippen molar-refractivity contribution in [3.05, 3.63) is 71.3 Å². The van der Waals surface area contributed by atoms with E-state index in [1.54, 1.807) is 31.2 Å². The van der Waals surface area contributed by atoms with Crippen LogP contribution in [0.4, 0.5) is 0 Å². The zero-order valence-corrected chi connectivity index (χ0v) is 16.0. The van der Waals surface area contributed by atoms with Gasteiger partial charge >= 0.3 is 0 Å². The standard InChI is InChI=1S/C22H24N4O2/c1-17(24-21(27)20-5-3-2-4-6-20)22(28)26-13-11-25(12-14-26)16-19-9-7-18(15-23)8-10-19/h2-10,17H,11-14,16H2,1H3,(H,24,27)/t17-/m0/s1. The molecule has 1 aliphatic heterocycles. The lowest BCUT2D eigenvalue weighted by Gasteiger charge is -2.36. The maximum absolute atomic E-state index is 12.7. The van der Waals surface area contributed by atoms with Crippen molar-refractivity contribution < 1.29 is 9.59 Å². The van der Waals surface area contributed by atoms with Gasteiger partial charge in [-0.1, -0.05) is 30.3 Å². The highest BCUT2D eigenvalue weighted by molar-refractivity contribution is 5.97. The number of nitriles is 1. The van der Waals surface area contributed by atoms with Crippen LogP contribution in [0.2, 0.25) is 0 Å². The minimum atomic E-state index is -0.558. The van der Waals surface area contributed by atoms with E-state index in [0.717, 1.165) is 25.2 Å². The van der Waals surface area contributed by atoms with Crippen LogP contribution in [-0.2, 0) is 11.3 Å². The van der Waals surface area contributed by atoms with Gasteiger partial charge in [0.1, 0.15) is 6.04 Å². The van der Waals surface area contributed by atoms with Crippen LogP contribution in [0.1, 0.15) is 28.4 Å². The number of benzene rings is 2. The first-order valence-electron chi connectivity index (χ1n) is 9.43. The molecule has 2 aromatic rings. The van der Waals surface area contributed by atoms with E-state index in [2.05, 4.69) is 16.3 Å². The minimum absolute atomic E-state index is 0.0534. The third kappa shape index (κ3) is 4.96. The number of nitrogens with one attached hydrogen (secondary N) is 1. The van der Waals surface area contributed by atoms with E-state index < -0.39 is 6.04 Å². The monoisotopic (exact) mass is 376 g/mol. The fourth-order valence-corrected chi connectivity index (χ4v) is 3.27. The maximum Gasteiger partial charge on any atom is 0.251 e. The molecule has 144 valence electrons. The second-order valence-corrected chi connectivity index (χ2v) is 6.97. The molecule has 0 saturated carbocycles. The molecule has 1 N–H and O–H groups in total. The number of hydrogen-bond acceptors (Lipinski definition) is 4. The molecular weight excluding hydrogens is 352 g/mol. The predicted octanol–water partition coefficient (Wildman–Crippen LogP) is 2.02. The number of carbonyl (C=O) groups is 2. The maximum atomic E-state index is 12.7. The van der Waals surface area contributed by atoms with Gasteiger partial charge in [-0.15, -0.1) is 0 Å². The van der Waals surface area contributed by atoms with Crippen molar-refractivity contribution in [3.63, 3.8) is 0 Å². The van der Waals surface area contributed by atoms with Crippen molar-refractivity contribution in [2.75, 3.05) is 26.2 Å². The molecule has 1 atom stereocenters. The van der Waals surface area contributed by atoms with Gasteiger partial charge in [-0.2, -0.15) is 5.26 Å². The Bertz CT molecular complexity index is 850. The zero-order valence-electron chi connectivity index (χ0n) is 16.0. The largest absolute Gasteiger partial charge is 0.341 e. The van der Waals surface area contributed by atoms with Crippen LogP contribution in [0, 0.1) is 11.3 Å². The molecule has 3 rings (SSSR count). The zero-order chi connectivity index (χ0) is 19.9. The van der Waals surface area contributed by atoms with Gasteiger partial charge in [-0.05, 0) is 36.8 Å². The number of rotatable bonds is 5. The first kappa shape index (κ1) is 19.6. The number of piperazine rings is 1. The fraction of sp³-hybridized carbons (Fsp3) is 0.318. The SMILES string of the molecule is C[C@H](NC(=O)c1ccccc1)C(=O)N1CCN(Cc2ccc(C#N)cc2)CC1. The van der Waals surface area contributed by atoms with Gasteiger partial charge in [0.2, 0.25) is 5.91 Å². The van der Waals surface area contributed by atoms with E-state index >= 15 is 0 Å². The van der Waals surface area contributed by atoms with E-state index in [9.17, 15) is 9.59 Å². The molecular formula is C22H24N4O2. The van der Waals surface area contributed by atoms with Gasteiger partial charge in [0, 0.05) is 38.3 Å². The molecule has 1 saturated heterocycles. The van der Waals surface area contributed by atoms with Gasteiger partial charge in [0.15, 0.2) is 0 Å². The van der Waals surface area contributed by atoms with Crippen LogP contribution in [0.15, 0.2) is 54.6 Å². The summed E-state index contributed by atoms with van der Waals surface area (Å²) in [4.78, 5) is 29.0. The van der Waals surface area contributed by atoms with Crippen LogP contribution in [0.25, 0.3) is 0 Å². The van der Waals surface area contributed by atoms with E-state index in [0.29, 0.717) is 24.2 Å². The average Bonchev–Trinajstić information content (AvgIpc) is 2.75. The summed E-state index contributed by atoms with van der Waals surface area (Å²) >= 11 is 0. The van der Waals surface area contributed by atoms with Crippen LogP contribution >= 0.6 is 0 Å². The van der Waals surface area contributed by atoms with Crippen molar-refractivity contribution in [1.29, 1.82) is 5.26 Å². The first-order valence-corrected chi connectivity index (χ1v) is 9.43. The van der Waals surface area contributed by atoms with Crippen LogP contribution in [0.3, 0.4) is 0 Å². The Morgan fingerprint density at radius 1 is 1.04 bits per heavy atom. The fourth-order valence-electron chi connectivity index (χ4n) is 3.27. The normalized spacial score (nSPS) is 15.5. The van der Waals surface area contributed by atoms with Crippen LogP contribution in [-0.4, -0.2) is 53.8 Å². The molecule has 2 aromatic carbocycles. The highest BCUT2D eigenvalue weighted by atomic mass is 16.2. The van der Waals surface area contributed by atoms with Gasteiger partial charge in [-0.25, -0.2) is 0 Å². The predicted molar refractivity (Wildman–Crippen MR) is 106 cm³/mol. The lowest BCUT2D eigenvalue weighted by molar-refractivity contribution is -0.134. The van der Waals surface area contributed by atoms with E-state index in [1.807, 2.05) is 35.2 Å². The highest BCUT2D eigenvalue weighted by Crippen LogP contribution is 2.11. The van der Waals surface area contributed by atoms with E-state index in [4.69, 9.17) is 5.26 Å². The Labute approximate surface area is 165 Å². The molecule has 0 aromatic heterocycles. The molecule has 0 aliphatic carbocycles. The molecule has 28 heavy (non-hydrogen) atoms. The summed E-state index contributed by atoms with van der Waals surface area (Å²) in [6.45, 7) is 5.37. The number of amides is 2. The second kappa shape index (κ2) is 9.16. The Morgan fingerprint density at radius 2 is 1.68 bits per heavy atom. The number of nitrogens with zero attached hydrogens (tertiary/aromatic N) is 3. The molecule has 2 amide bonds. The molecule has 6 heteroatoms. The Morgan fingerprint density at radius 3 is 2.29 bits per heavy atom. The number of carbonyl (C=O) groups excluding carboxylic acids is 2. The molecule has 0 unspecified atom stereocenters. The van der Waals surface area contributed by atoms with Gasteiger partial charge in [0.25, 0.3) is 5.91 Å². The average molecular weight is 376 g/mol. The Balaban J connectivity index is 1.47. The summed E-state index contributed by atoms with van der Waals surface area (Å²) in [7, 11) is 0. The molecule has 0 bridgehead atoms. The summed E-state index contributed by atoms with van der Waals surface area (Å²) in [6.07, 6.45) is 0. The summed E-state index contributed by atoms with van der Waals surface area (Å²) < 4.78 is 0. The smallest absolute Gasteiger partial charge is 0.251 e. The summed E-state index contributed by atoms with van der Waals surface area (Å²) in [6, 6.07) is 18.1. The van der Waals surface area contributed by atoms with Crippen LogP contribution < -0.4 is 5.32 Å². The molecule has 0 spiro atoms.